The molecular formula is C19H18N2O4S. The van der Waals surface area contributed by atoms with Gasteiger partial charge in [-0.2, -0.15) is 0 Å². The van der Waals surface area contributed by atoms with Gasteiger partial charge in [0.25, 0.3) is 0 Å². The first-order valence-electron chi connectivity index (χ1n) is 8.30. The average Bonchev–Trinajstić information content (AvgIpc) is 3.26. The molecule has 0 saturated heterocycles. The SMILES string of the molecule is Cc1onc(-c2ccccc2)c1CNS(=O)(=O)c1ccc2c(c1)CCO2. The first kappa shape index (κ1) is 16.8. The van der Waals surface area contributed by atoms with Crippen molar-refractivity contribution in [1.82, 2.24) is 9.88 Å². The van der Waals surface area contributed by atoms with Crippen molar-refractivity contribution in [3.8, 4) is 17.0 Å². The summed E-state index contributed by atoms with van der Waals surface area (Å²) in [5.74, 6) is 1.35. The van der Waals surface area contributed by atoms with Gasteiger partial charge >= 0.3 is 0 Å². The van der Waals surface area contributed by atoms with E-state index in [9.17, 15) is 8.42 Å². The molecule has 1 aliphatic heterocycles. The summed E-state index contributed by atoms with van der Waals surface area (Å²) in [6.45, 7) is 2.47. The fourth-order valence-corrected chi connectivity index (χ4v) is 4.05. The lowest BCUT2D eigenvalue weighted by molar-refractivity contribution is 0.356. The van der Waals surface area contributed by atoms with Gasteiger partial charge in [-0.1, -0.05) is 35.5 Å². The zero-order valence-electron chi connectivity index (χ0n) is 14.2. The number of aryl methyl sites for hydroxylation is 1. The third-order valence-electron chi connectivity index (χ3n) is 4.44. The molecule has 1 N–H and O–H groups in total. The molecule has 0 radical (unpaired) electrons. The van der Waals surface area contributed by atoms with Crippen LogP contribution in [0.2, 0.25) is 0 Å². The maximum Gasteiger partial charge on any atom is 0.240 e. The summed E-state index contributed by atoms with van der Waals surface area (Å²) in [6, 6.07) is 14.5. The minimum absolute atomic E-state index is 0.107. The first-order valence-corrected chi connectivity index (χ1v) is 9.79. The van der Waals surface area contributed by atoms with Crippen molar-refractivity contribution in [3.63, 3.8) is 0 Å². The van der Waals surface area contributed by atoms with Gasteiger partial charge in [0, 0.05) is 24.1 Å². The van der Waals surface area contributed by atoms with Crippen LogP contribution in [0.3, 0.4) is 0 Å². The molecule has 0 fully saturated rings. The number of sulfonamides is 1. The van der Waals surface area contributed by atoms with Crippen LogP contribution in [0.1, 0.15) is 16.9 Å². The van der Waals surface area contributed by atoms with Gasteiger partial charge in [0.15, 0.2) is 0 Å². The normalized spacial score (nSPS) is 13.4. The summed E-state index contributed by atoms with van der Waals surface area (Å²) in [5, 5.41) is 4.08. The first-order chi connectivity index (χ1) is 12.5. The molecule has 1 aromatic heterocycles. The van der Waals surface area contributed by atoms with Crippen LogP contribution >= 0.6 is 0 Å². The van der Waals surface area contributed by atoms with E-state index in [-0.39, 0.29) is 11.4 Å². The molecule has 26 heavy (non-hydrogen) atoms. The van der Waals surface area contributed by atoms with Crippen LogP contribution in [-0.2, 0) is 23.0 Å². The van der Waals surface area contributed by atoms with Crippen LogP contribution in [0.25, 0.3) is 11.3 Å². The van der Waals surface area contributed by atoms with E-state index in [4.69, 9.17) is 9.26 Å². The van der Waals surface area contributed by atoms with Gasteiger partial charge in [-0.15, -0.1) is 0 Å². The van der Waals surface area contributed by atoms with Crippen molar-refractivity contribution < 1.29 is 17.7 Å². The number of hydrogen-bond donors (Lipinski definition) is 1. The van der Waals surface area contributed by atoms with Crippen molar-refractivity contribution in [2.24, 2.45) is 0 Å². The van der Waals surface area contributed by atoms with Gasteiger partial charge in [-0.25, -0.2) is 13.1 Å². The van der Waals surface area contributed by atoms with Crippen LogP contribution in [-0.4, -0.2) is 20.2 Å². The largest absolute Gasteiger partial charge is 0.493 e. The minimum Gasteiger partial charge on any atom is -0.493 e. The predicted octanol–water partition coefficient (Wildman–Crippen LogP) is 3.06. The zero-order chi connectivity index (χ0) is 18.1. The second-order valence-electron chi connectivity index (χ2n) is 6.12. The Kier molecular flexibility index (Phi) is 4.26. The lowest BCUT2D eigenvalue weighted by Crippen LogP contribution is -2.23. The highest BCUT2D eigenvalue weighted by Crippen LogP contribution is 2.28. The molecule has 0 atom stereocenters. The quantitative estimate of drug-likeness (QED) is 0.746. The number of aromatic nitrogens is 1. The molecule has 134 valence electrons. The number of rotatable bonds is 5. The van der Waals surface area contributed by atoms with Crippen LogP contribution < -0.4 is 9.46 Å². The fourth-order valence-electron chi connectivity index (χ4n) is 3.00. The van der Waals surface area contributed by atoms with Crippen LogP contribution in [0, 0.1) is 6.92 Å². The second kappa shape index (κ2) is 6.59. The number of fused-ring (bicyclic) bond motifs is 1. The monoisotopic (exact) mass is 370 g/mol. The van der Waals surface area contributed by atoms with Gasteiger partial charge in [-0.05, 0) is 30.7 Å². The standard InChI is InChI=1S/C19H18N2O4S/c1-13-17(19(21-25-13)14-5-3-2-4-6-14)12-20-26(22,23)16-7-8-18-15(11-16)9-10-24-18/h2-8,11,20H,9-10,12H2,1H3. The lowest BCUT2D eigenvalue weighted by Gasteiger charge is -2.08. The summed E-state index contributed by atoms with van der Waals surface area (Å²) < 4.78 is 38.7. The van der Waals surface area contributed by atoms with Gasteiger partial charge < -0.3 is 9.26 Å². The van der Waals surface area contributed by atoms with Crippen LogP contribution in [0.5, 0.6) is 5.75 Å². The Morgan fingerprint density at radius 3 is 2.77 bits per heavy atom. The van der Waals surface area contributed by atoms with E-state index in [1.165, 1.54) is 0 Å². The summed E-state index contributed by atoms with van der Waals surface area (Å²) in [5.41, 5.74) is 3.17. The maximum absolute atomic E-state index is 12.7. The van der Waals surface area contributed by atoms with E-state index >= 15 is 0 Å². The Bertz CT molecular complexity index is 1040. The summed E-state index contributed by atoms with van der Waals surface area (Å²) in [6.07, 6.45) is 0.724. The van der Waals surface area contributed by atoms with Gasteiger partial charge in [0.05, 0.1) is 11.5 Å². The van der Waals surface area contributed by atoms with E-state index in [2.05, 4.69) is 9.88 Å². The molecule has 0 spiro atoms. The Morgan fingerprint density at radius 1 is 1.15 bits per heavy atom. The second-order valence-corrected chi connectivity index (χ2v) is 7.89. The van der Waals surface area contributed by atoms with E-state index in [1.807, 2.05) is 30.3 Å². The molecule has 6 nitrogen and oxygen atoms in total. The molecule has 0 aliphatic carbocycles. The van der Waals surface area contributed by atoms with Gasteiger partial charge in [0.2, 0.25) is 10.0 Å². The van der Waals surface area contributed by atoms with Gasteiger partial charge in [-0.3, -0.25) is 0 Å². The van der Waals surface area contributed by atoms with Crippen molar-refractivity contribution >= 4 is 10.0 Å². The third kappa shape index (κ3) is 3.11. The number of nitrogens with one attached hydrogen (secondary N) is 1. The molecule has 0 unspecified atom stereocenters. The average molecular weight is 370 g/mol. The highest BCUT2D eigenvalue weighted by Gasteiger charge is 2.21. The maximum atomic E-state index is 12.7. The van der Waals surface area contributed by atoms with E-state index in [1.54, 1.807) is 25.1 Å². The third-order valence-corrected chi connectivity index (χ3v) is 5.84. The van der Waals surface area contributed by atoms with Crippen molar-refractivity contribution in [1.29, 1.82) is 0 Å². The molecule has 2 aromatic carbocycles. The lowest BCUT2D eigenvalue weighted by atomic mass is 10.1. The fraction of sp³-hybridized carbons (Fsp3) is 0.211. The molecule has 0 bridgehead atoms. The molecule has 1 aliphatic rings. The molecule has 0 saturated carbocycles. The Hall–Kier alpha value is -2.64. The topological polar surface area (TPSA) is 81.4 Å². The van der Waals surface area contributed by atoms with E-state index in [0.717, 1.165) is 28.9 Å². The Balaban J connectivity index is 1.58. The number of benzene rings is 2. The summed E-state index contributed by atoms with van der Waals surface area (Å²) >= 11 is 0. The Labute approximate surface area is 151 Å². The van der Waals surface area contributed by atoms with Crippen LogP contribution in [0.4, 0.5) is 0 Å². The molecule has 0 amide bonds. The molecule has 3 aromatic rings. The molecule has 4 rings (SSSR count). The highest BCUT2D eigenvalue weighted by molar-refractivity contribution is 7.89. The smallest absolute Gasteiger partial charge is 0.240 e. The van der Waals surface area contributed by atoms with Crippen molar-refractivity contribution in [3.05, 3.63) is 65.4 Å². The van der Waals surface area contributed by atoms with E-state index < -0.39 is 10.0 Å². The number of hydrogen-bond acceptors (Lipinski definition) is 5. The molecular weight excluding hydrogens is 352 g/mol. The molecule has 7 heteroatoms. The molecule has 2 heterocycles. The van der Waals surface area contributed by atoms with Crippen molar-refractivity contribution in [2.75, 3.05) is 6.61 Å². The number of nitrogens with zero attached hydrogens (tertiary/aromatic N) is 1. The van der Waals surface area contributed by atoms with Crippen LogP contribution in [0.15, 0.2) is 57.9 Å². The summed E-state index contributed by atoms with van der Waals surface area (Å²) in [4.78, 5) is 0.233. The van der Waals surface area contributed by atoms with Crippen molar-refractivity contribution in [2.45, 2.75) is 24.8 Å². The summed E-state index contributed by atoms with van der Waals surface area (Å²) in [7, 11) is -3.65. The number of ether oxygens (including phenoxy) is 1. The zero-order valence-corrected chi connectivity index (χ0v) is 15.0. The van der Waals surface area contributed by atoms with Gasteiger partial charge in [0.1, 0.15) is 17.2 Å². The predicted molar refractivity (Wildman–Crippen MR) is 96.3 cm³/mol. The highest BCUT2D eigenvalue weighted by atomic mass is 32.2. The Morgan fingerprint density at radius 2 is 1.96 bits per heavy atom. The minimum atomic E-state index is -3.65. The van der Waals surface area contributed by atoms with E-state index in [0.29, 0.717) is 18.1 Å².